The molecule has 3 saturated carbocycles. The lowest BCUT2D eigenvalue weighted by Crippen LogP contribution is -2.54. The number of hydrogen-bond donors (Lipinski definition) is 2. The highest BCUT2D eigenvalue weighted by molar-refractivity contribution is 5.91. The van der Waals surface area contributed by atoms with E-state index in [4.69, 9.17) is 5.11 Å². The third kappa shape index (κ3) is 2.47. The topological polar surface area (TPSA) is 74.6 Å². The highest BCUT2D eigenvalue weighted by Gasteiger charge is 2.61. The Hall–Kier alpha value is -1.60. The van der Waals surface area contributed by atoms with Crippen LogP contribution >= 0.6 is 0 Å². The van der Waals surface area contributed by atoms with Gasteiger partial charge in [0, 0.05) is 18.3 Å². The van der Waals surface area contributed by atoms with E-state index >= 15 is 0 Å². The number of aliphatic carboxylic acids is 1. The molecule has 0 amide bonds. The van der Waals surface area contributed by atoms with Crippen LogP contribution in [0.15, 0.2) is 11.6 Å². The standard InChI is InChI=1S/C22H28O4/c1-21-9-7-15(23)12-14(21)11-13(3-6-19(25)26)20-16-4-5-18(24)22(16,2)10-8-17(20)21/h12-13,16-18,20,24H,4-5,7-11H2,1-2H3,(H,25,26)/t13-,16-,17-,18-,20-,21-,22-/m0/s1. The second kappa shape index (κ2) is 5.96. The number of carboxylic acid groups (broad SMARTS) is 1. The molecule has 0 spiro atoms. The van der Waals surface area contributed by atoms with Crippen LogP contribution in [0.1, 0.15) is 58.8 Å². The predicted molar refractivity (Wildman–Crippen MR) is 97.0 cm³/mol. The zero-order valence-corrected chi connectivity index (χ0v) is 15.6. The van der Waals surface area contributed by atoms with Crippen molar-refractivity contribution >= 4 is 11.8 Å². The first-order chi connectivity index (χ1) is 12.3. The second-order valence-corrected chi connectivity index (χ2v) is 9.37. The first-order valence-electron chi connectivity index (χ1n) is 9.92. The van der Waals surface area contributed by atoms with E-state index in [1.807, 2.05) is 6.08 Å². The van der Waals surface area contributed by atoms with E-state index in [-0.39, 0.29) is 28.6 Å². The summed E-state index contributed by atoms with van der Waals surface area (Å²) in [5.74, 6) is 5.61. The molecule has 140 valence electrons. The van der Waals surface area contributed by atoms with E-state index in [0.717, 1.165) is 32.1 Å². The van der Waals surface area contributed by atoms with Crippen molar-refractivity contribution in [3.8, 4) is 11.8 Å². The molecule has 0 aromatic heterocycles. The van der Waals surface area contributed by atoms with Gasteiger partial charge < -0.3 is 10.2 Å². The average molecular weight is 356 g/mol. The number of rotatable bonds is 0. The average Bonchev–Trinajstić information content (AvgIpc) is 2.89. The fourth-order valence-corrected chi connectivity index (χ4v) is 6.84. The zero-order chi connectivity index (χ0) is 18.7. The van der Waals surface area contributed by atoms with Crippen LogP contribution in [0.3, 0.4) is 0 Å². The number of carboxylic acids is 1. The van der Waals surface area contributed by atoms with E-state index in [2.05, 4.69) is 25.7 Å². The molecule has 0 saturated heterocycles. The van der Waals surface area contributed by atoms with Gasteiger partial charge in [0.25, 0.3) is 0 Å². The largest absolute Gasteiger partial charge is 0.472 e. The van der Waals surface area contributed by atoms with Gasteiger partial charge in [-0.05, 0) is 73.2 Å². The summed E-state index contributed by atoms with van der Waals surface area (Å²) in [5.41, 5.74) is 1.13. The Balaban J connectivity index is 1.79. The van der Waals surface area contributed by atoms with Crippen LogP contribution in [0.4, 0.5) is 0 Å². The van der Waals surface area contributed by atoms with Crippen LogP contribution < -0.4 is 0 Å². The lowest BCUT2D eigenvalue weighted by Gasteiger charge is -2.59. The molecule has 0 aromatic carbocycles. The van der Waals surface area contributed by atoms with Crippen LogP contribution in [0.25, 0.3) is 0 Å². The van der Waals surface area contributed by atoms with E-state index in [9.17, 15) is 14.7 Å². The second-order valence-electron chi connectivity index (χ2n) is 9.37. The summed E-state index contributed by atoms with van der Waals surface area (Å²) < 4.78 is 0. The molecule has 7 atom stereocenters. The molecule has 4 nitrogen and oxygen atoms in total. The maximum atomic E-state index is 12.0. The molecule has 4 rings (SSSR count). The summed E-state index contributed by atoms with van der Waals surface area (Å²) in [6.45, 7) is 4.52. The molecule has 0 aromatic rings. The summed E-state index contributed by atoms with van der Waals surface area (Å²) in [7, 11) is 0. The summed E-state index contributed by atoms with van der Waals surface area (Å²) in [5, 5.41) is 19.7. The van der Waals surface area contributed by atoms with Gasteiger partial charge in [-0.3, -0.25) is 4.79 Å². The molecule has 4 heteroatoms. The molecule has 3 fully saturated rings. The Morgan fingerprint density at radius 3 is 2.69 bits per heavy atom. The minimum absolute atomic E-state index is 0.0227. The maximum absolute atomic E-state index is 12.0. The lowest BCUT2D eigenvalue weighted by atomic mass is 9.45. The number of ketones is 1. The third-order valence-corrected chi connectivity index (χ3v) is 8.33. The number of allylic oxidation sites excluding steroid dienone is 1. The fraction of sp³-hybridized carbons (Fsp3) is 0.727. The number of hydrogen-bond acceptors (Lipinski definition) is 3. The van der Waals surface area contributed by atoms with E-state index < -0.39 is 5.97 Å². The minimum Gasteiger partial charge on any atom is -0.472 e. The minimum atomic E-state index is -1.09. The molecule has 0 heterocycles. The number of aliphatic hydroxyl groups is 1. The highest BCUT2D eigenvalue weighted by atomic mass is 16.4. The molecule has 4 aliphatic carbocycles. The van der Waals surface area contributed by atoms with Gasteiger partial charge in [-0.25, -0.2) is 4.79 Å². The van der Waals surface area contributed by atoms with Crippen molar-refractivity contribution in [3.05, 3.63) is 11.6 Å². The Bertz CT molecular complexity index is 741. The SMILES string of the molecule is C[C@]12CC[C@H]3[C@@H]([C@@H](C#CC(=O)O)CC4=CC(=O)CC[C@@]43C)[C@@H]1CC[C@@H]2O. The molecular weight excluding hydrogens is 328 g/mol. The van der Waals surface area contributed by atoms with Gasteiger partial charge >= 0.3 is 5.97 Å². The van der Waals surface area contributed by atoms with Gasteiger partial charge in [0.1, 0.15) is 0 Å². The quantitative estimate of drug-likeness (QED) is 0.654. The van der Waals surface area contributed by atoms with Gasteiger partial charge in [-0.15, -0.1) is 0 Å². The number of aliphatic hydroxyl groups excluding tert-OH is 1. The van der Waals surface area contributed by atoms with Crippen molar-refractivity contribution in [2.75, 3.05) is 0 Å². The molecule has 2 N–H and O–H groups in total. The summed E-state index contributed by atoms with van der Waals surface area (Å²) >= 11 is 0. The number of carbonyl (C=O) groups is 2. The van der Waals surface area contributed by atoms with E-state index in [1.54, 1.807) is 0 Å². The van der Waals surface area contributed by atoms with Crippen molar-refractivity contribution in [3.63, 3.8) is 0 Å². The maximum Gasteiger partial charge on any atom is 0.381 e. The molecule has 4 aliphatic rings. The number of fused-ring (bicyclic) bond motifs is 5. The zero-order valence-electron chi connectivity index (χ0n) is 15.6. The summed E-state index contributed by atoms with van der Waals surface area (Å²) in [6.07, 6.45) is 7.64. The summed E-state index contributed by atoms with van der Waals surface area (Å²) in [4.78, 5) is 23.1. The predicted octanol–water partition coefficient (Wildman–Crippen LogP) is 3.19. The van der Waals surface area contributed by atoms with Crippen molar-refractivity contribution in [1.82, 2.24) is 0 Å². The first kappa shape index (κ1) is 17.8. The smallest absolute Gasteiger partial charge is 0.381 e. The van der Waals surface area contributed by atoms with Crippen LogP contribution in [0.2, 0.25) is 0 Å². The molecule has 0 radical (unpaired) electrons. The van der Waals surface area contributed by atoms with Crippen LogP contribution in [0.5, 0.6) is 0 Å². The van der Waals surface area contributed by atoms with Gasteiger partial charge in [-0.1, -0.05) is 25.3 Å². The van der Waals surface area contributed by atoms with Gasteiger partial charge in [0.05, 0.1) is 6.10 Å². The lowest BCUT2D eigenvalue weighted by molar-refractivity contribution is -0.130. The van der Waals surface area contributed by atoms with Crippen LogP contribution in [0, 0.1) is 46.3 Å². The molecule has 0 aliphatic heterocycles. The van der Waals surface area contributed by atoms with Crippen molar-refractivity contribution < 1.29 is 19.8 Å². The molecule has 26 heavy (non-hydrogen) atoms. The monoisotopic (exact) mass is 356 g/mol. The van der Waals surface area contributed by atoms with Gasteiger partial charge in [0.2, 0.25) is 0 Å². The fourth-order valence-electron chi connectivity index (χ4n) is 6.84. The Labute approximate surface area is 155 Å². The highest BCUT2D eigenvalue weighted by Crippen LogP contribution is 2.66. The third-order valence-electron chi connectivity index (χ3n) is 8.33. The van der Waals surface area contributed by atoms with E-state index in [1.165, 1.54) is 5.57 Å². The summed E-state index contributed by atoms with van der Waals surface area (Å²) in [6, 6.07) is 0. The van der Waals surface area contributed by atoms with Crippen molar-refractivity contribution in [2.45, 2.75) is 64.9 Å². The number of carbonyl (C=O) groups excluding carboxylic acids is 1. The normalized spacial score (nSPS) is 47.0. The molecule has 0 unspecified atom stereocenters. The Morgan fingerprint density at radius 2 is 1.96 bits per heavy atom. The van der Waals surface area contributed by atoms with Gasteiger partial charge in [0.15, 0.2) is 5.78 Å². The van der Waals surface area contributed by atoms with Crippen molar-refractivity contribution in [2.24, 2.45) is 34.5 Å². The Kier molecular flexibility index (Phi) is 4.08. The first-order valence-corrected chi connectivity index (χ1v) is 9.92. The van der Waals surface area contributed by atoms with Crippen LogP contribution in [-0.2, 0) is 9.59 Å². The van der Waals surface area contributed by atoms with Crippen LogP contribution in [-0.4, -0.2) is 28.1 Å². The van der Waals surface area contributed by atoms with E-state index in [0.29, 0.717) is 30.6 Å². The van der Waals surface area contributed by atoms with Gasteiger partial charge in [-0.2, -0.15) is 0 Å². The molecular formula is C22H28O4. The molecule has 0 bridgehead atoms. The Morgan fingerprint density at radius 1 is 1.19 bits per heavy atom. The van der Waals surface area contributed by atoms with Crippen molar-refractivity contribution in [1.29, 1.82) is 0 Å².